The maximum Gasteiger partial charge on any atom is 0.271 e. The summed E-state index contributed by atoms with van der Waals surface area (Å²) in [6.07, 6.45) is 1.77. The zero-order valence-corrected chi connectivity index (χ0v) is 29.6. The molecule has 1 aromatic heterocycles. The van der Waals surface area contributed by atoms with Gasteiger partial charge >= 0.3 is 0 Å². The van der Waals surface area contributed by atoms with Crippen LogP contribution in [-0.4, -0.2) is 29.1 Å². The molecule has 1 N–H and O–H groups in total. The van der Waals surface area contributed by atoms with Gasteiger partial charge in [0, 0.05) is 17.8 Å². The van der Waals surface area contributed by atoms with Crippen LogP contribution in [0.25, 0.3) is 6.08 Å². The van der Waals surface area contributed by atoms with Crippen molar-refractivity contribution in [1.29, 1.82) is 0 Å². The number of carbonyl (C=O) groups excluding carboxylic acids is 1. The molecule has 0 radical (unpaired) electrons. The van der Waals surface area contributed by atoms with E-state index in [0.717, 1.165) is 22.3 Å². The molecule has 0 bridgehead atoms. The standard InChI is InChI=1S/C39H36N4O7S/c1-6-49-33-20-27(10-18-32(33)50-22-26-8-13-29(14-9-26)43(46)47)21-34-38(45)42-36(28-11-15-30(48-5)16-12-28)35(25(4)40-39(42)51-34)37(44)41-31-17-7-23(2)19-24(31)3/h7-21,36H,6,22H2,1-5H3,(H,41,44)/b34-21+/t36-/m1/s1. The number of amides is 1. The van der Waals surface area contributed by atoms with Crippen LogP contribution in [0.15, 0.2) is 106 Å². The Morgan fingerprint density at radius 1 is 0.980 bits per heavy atom. The molecular weight excluding hydrogens is 669 g/mol. The van der Waals surface area contributed by atoms with E-state index in [4.69, 9.17) is 19.2 Å². The van der Waals surface area contributed by atoms with Gasteiger partial charge in [0.25, 0.3) is 17.2 Å². The molecule has 0 saturated heterocycles. The molecule has 11 nitrogen and oxygen atoms in total. The number of allylic oxidation sites excluding steroid dienone is 1. The number of benzene rings is 4. The molecule has 6 rings (SSSR count). The van der Waals surface area contributed by atoms with Gasteiger partial charge in [0.1, 0.15) is 12.4 Å². The van der Waals surface area contributed by atoms with E-state index < -0.39 is 11.0 Å². The monoisotopic (exact) mass is 704 g/mol. The molecule has 0 aliphatic carbocycles. The SMILES string of the molecule is CCOc1cc(/C=c2/sc3n(c2=O)[C@H](c2ccc(OC)cc2)C(C(=O)Nc2ccc(C)cc2C)=C(C)N=3)ccc1OCc1ccc([N+](=O)[O-])cc1. The predicted octanol–water partition coefficient (Wildman–Crippen LogP) is 6.39. The summed E-state index contributed by atoms with van der Waals surface area (Å²) in [6, 6.07) is 23.9. The van der Waals surface area contributed by atoms with Crippen LogP contribution in [0.5, 0.6) is 17.2 Å². The number of anilines is 1. The van der Waals surface area contributed by atoms with Gasteiger partial charge in [0.2, 0.25) is 0 Å². The number of aryl methyl sites for hydroxylation is 2. The number of ether oxygens (including phenoxy) is 3. The number of nitrogens with one attached hydrogen (secondary N) is 1. The molecule has 1 aliphatic rings. The van der Waals surface area contributed by atoms with Crippen molar-refractivity contribution in [2.45, 2.75) is 40.3 Å². The topological polar surface area (TPSA) is 134 Å². The number of nitrogens with zero attached hydrogens (tertiary/aromatic N) is 3. The molecule has 4 aromatic carbocycles. The van der Waals surface area contributed by atoms with E-state index in [1.165, 1.54) is 23.5 Å². The molecule has 260 valence electrons. The molecule has 5 aromatic rings. The highest BCUT2D eigenvalue weighted by molar-refractivity contribution is 7.07. The number of thiazole rings is 1. The number of non-ortho nitro benzene ring substituents is 1. The van der Waals surface area contributed by atoms with Crippen LogP contribution in [0.3, 0.4) is 0 Å². The number of rotatable bonds is 11. The fourth-order valence-electron chi connectivity index (χ4n) is 5.89. The Hall–Kier alpha value is -6.01. The first-order chi connectivity index (χ1) is 24.6. The van der Waals surface area contributed by atoms with Gasteiger partial charge in [-0.2, -0.15) is 0 Å². The van der Waals surface area contributed by atoms with Gasteiger partial charge in [0.15, 0.2) is 16.3 Å². The number of hydrogen-bond acceptors (Lipinski definition) is 9. The summed E-state index contributed by atoms with van der Waals surface area (Å²) in [5.41, 5.74) is 5.49. The molecule has 0 fully saturated rings. The fourth-order valence-corrected chi connectivity index (χ4v) is 6.93. The Labute approximate surface area is 297 Å². The van der Waals surface area contributed by atoms with Gasteiger partial charge in [0.05, 0.1) is 40.5 Å². The van der Waals surface area contributed by atoms with Gasteiger partial charge < -0.3 is 19.5 Å². The van der Waals surface area contributed by atoms with Crippen molar-refractivity contribution in [3.8, 4) is 17.2 Å². The normalized spacial score (nSPS) is 14.1. The van der Waals surface area contributed by atoms with Crippen LogP contribution >= 0.6 is 11.3 Å². The van der Waals surface area contributed by atoms with Gasteiger partial charge in [-0.3, -0.25) is 24.3 Å². The Morgan fingerprint density at radius 2 is 1.73 bits per heavy atom. The third kappa shape index (κ3) is 7.46. The lowest BCUT2D eigenvalue weighted by atomic mass is 9.95. The first-order valence-corrected chi connectivity index (χ1v) is 17.1. The molecule has 0 saturated carbocycles. The Bertz CT molecular complexity index is 2340. The summed E-state index contributed by atoms with van der Waals surface area (Å²) in [5, 5.41) is 14.0. The Kier molecular flexibility index (Phi) is 10.1. The highest BCUT2D eigenvalue weighted by atomic mass is 32.1. The minimum atomic E-state index is -0.741. The highest BCUT2D eigenvalue weighted by Gasteiger charge is 2.32. The molecule has 1 atom stereocenters. The number of hydrogen-bond donors (Lipinski definition) is 1. The first kappa shape index (κ1) is 34.8. The summed E-state index contributed by atoms with van der Waals surface area (Å²) in [7, 11) is 1.58. The van der Waals surface area contributed by atoms with Crippen molar-refractivity contribution in [2.24, 2.45) is 4.99 Å². The van der Waals surface area contributed by atoms with Crippen molar-refractivity contribution in [3.05, 3.63) is 154 Å². The zero-order chi connectivity index (χ0) is 36.2. The number of nitro groups is 1. The second-order valence-electron chi connectivity index (χ2n) is 12.0. The number of fused-ring (bicyclic) bond motifs is 1. The second-order valence-corrected chi connectivity index (χ2v) is 13.0. The zero-order valence-electron chi connectivity index (χ0n) is 28.8. The number of aromatic nitrogens is 1. The lowest BCUT2D eigenvalue weighted by molar-refractivity contribution is -0.384. The second kappa shape index (κ2) is 14.9. The largest absolute Gasteiger partial charge is 0.497 e. The highest BCUT2D eigenvalue weighted by Crippen LogP contribution is 2.33. The van der Waals surface area contributed by atoms with Crippen LogP contribution in [0.2, 0.25) is 0 Å². The smallest absolute Gasteiger partial charge is 0.271 e. The molecular formula is C39H36N4O7S. The molecule has 0 unspecified atom stereocenters. The number of methoxy groups -OCH3 is 1. The first-order valence-electron chi connectivity index (χ1n) is 16.2. The third-order valence-electron chi connectivity index (χ3n) is 8.43. The molecule has 51 heavy (non-hydrogen) atoms. The van der Waals surface area contributed by atoms with Gasteiger partial charge in [-0.1, -0.05) is 47.2 Å². The van der Waals surface area contributed by atoms with Crippen LogP contribution in [0.4, 0.5) is 11.4 Å². The van der Waals surface area contributed by atoms with E-state index in [1.54, 1.807) is 61.1 Å². The average molecular weight is 705 g/mol. The summed E-state index contributed by atoms with van der Waals surface area (Å²) >= 11 is 1.24. The van der Waals surface area contributed by atoms with Crippen LogP contribution < -0.4 is 34.4 Å². The van der Waals surface area contributed by atoms with E-state index in [2.05, 4.69) is 5.32 Å². The summed E-state index contributed by atoms with van der Waals surface area (Å²) in [4.78, 5) is 44.1. The van der Waals surface area contributed by atoms with Gasteiger partial charge in [-0.25, -0.2) is 4.99 Å². The Balaban J connectivity index is 1.36. The van der Waals surface area contributed by atoms with E-state index >= 15 is 0 Å². The van der Waals surface area contributed by atoms with Gasteiger partial charge in [-0.05, 0) is 98.5 Å². The van der Waals surface area contributed by atoms with Crippen molar-refractivity contribution in [2.75, 3.05) is 19.0 Å². The van der Waals surface area contributed by atoms with E-state index in [-0.39, 0.29) is 23.8 Å². The summed E-state index contributed by atoms with van der Waals surface area (Å²) in [6.45, 7) is 8.14. The minimum absolute atomic E-state index is 0.00527. The summed E-state index contributed by atoms with van der Waals surface area (Å²) < 4.78 is 19.3. The van der Waals surface area contributed by atoms with E-state index in [1.807, 2.05) is 57.2 Å². The summed E-state index contributed by atoms with van der Waals surface area (Å²) in [5.74, 6) is 1.28. The fraction of sp³-hybridized carbons (Fsp3) is 0.205. The number of nitro benzene ring substituents is 1. The van der Waals surface area contributed by atoms with Crippen molar-refractivity contribution in [3.63, 3.8) is 0 Å². The van der Waals surface area contributed by atoms with Crippen LogP contribution in [0, 0.1) is 24.0 Å². The van der Waals surface area contributed by atoms with E-state index in [9.17, 15) is 19.7 Å². The predicted molar refractivity (Wildman–Crippen MR) is 196 cm³/mol. The molecule has 0 spiro atoms. The number of carbonyl (C=O) groups is 1. The molecule has 2 heterocycles. The third-order valence-corrected chi connectivity index (χ3v) is 9.42. The quantitative estimate of drug-likeness (QED) is 0.125. The van der Waals surface area contributed by atoms with Gasteiger partial charge in [-0.15, -0.1) is 0 Å². The maximum atomic E-state index is 14.3. The average Bonchev–Trinajstić information content (AvgIpc) is 3.42. The molecule has 12 heteroatoms. The minimum Gasteiger partial charge on any atom is -0.497 e. The van der Waals surface area contributed by atoms with Crippen molar-refractivity contribution < 1.29 is 23.9 Å². The van der Waals surface area contributed by atoms with E-state index in [0.29, 0.717) is 55.7 Å². The lowest BCUT2D eigenvalue weighted by Crippen LogP contribution is -2.40. The van der Waals surface area contributed by atoms with Crippen molar-refractivity contribution >= 4 is 34.7 Å². The maximum absolute atomic E-state index is 14.3. The van der Waals surface area contributed by atoms with Crippen LogP contribution in [-0.2, 0) is 11.4 Å². The van der Waals surface area contributed by atoms with Crippen LogP contribution in [0.1, 0.15) is 47.7 Å². The molecule has 1 amide bonds. The molecule has 1 aliphatic heterocycles. The van der Waals surface area contributed by atoms with Crippen molar-refractivity contribution in [1.82, 2.24) is 4.57 Å². The Morgan fingerprint density at radius 3 is 2.39 bits per heavy atom. The lowest BCUT2D eigenvalue weighted by Gasteiger charge is -2.25.